The van der Waals surface area contributed by atoms with Crippen LogP contribution in [0.4, 0.5) is 4.39 Å². The molecule has 1 rings (SSSR count). The summed E-state index contributed by atoms with van der Waals surface area (Å²) in [4.78, 5) is 10.1. The lowest BCUT2D eigenvalue weighted by atomic mass is 10.3. The second-order valence-electron chi connectivity index (χ2n) is 3.66. The van der Waals surface area contributed by atoms with Gasteiger partial charge in [-0.05, 0) is 18.6 Å². The first kappa shape index (κ1) is 14.6. The Labute approximate surface area is 105 Å². The molecule has 1 aromatic carbocycles. The second kappa shape index (κ2) is 5.92. The fraction of sp³-hybridized carbons (Fsp3) is 0.364. The molecule has 0 unspecified atom stereocenters. The highest BCUT2D eigenvalue weighted by Crippen LogP contribution is 2.18. The Kier molecular flexibility index (Phi) is 4.80. The van der Waals surface area contributed by atoms with Crippen LogP contribution in [0.3, 0.4) is 0 Å². The number of hydrogen-bond donors (Lipinski definition) is 1. The number of carbonyl (C=O) groups is 1. The average molecular weight is 275 g/mol. The van der Waals surface area contributed by atoms with Gasteiger partial charge in [-0.1, -0.05) is 19.1 Å². The van der Waals surface area contributed by atoms with Crippen LogP contribution in [0.1, 0.15) is 13.3 Å². The van der Waals surface area contributed by atoms with Crippen molar-refractivity contribution >= 4 is 16.0 Å². The molecule has 0 atom stereocenters. The molecular weight excluding hydrogens is 261 g/mol. The van der Waals surface area contributed by atoms with Crippen molar-refractivity contribution < 1.29 is 22.7 Å². The summed E-state index contributed by atoms with van der Waals surface area (Å²) in [5.74, 6) is -2.16. The topological polar surface area (TPSA) is 74.7 Å². The molecule has 0 saturated carbocycles. The first-order chi connectivity index (χ1) is 8.39. The zero-order valence-corrected chi connectivity index (χ0v) is 10.7. The van der Waals surface area contributed by atoms with Gasteiger partial charge in [0.15, 0.2) is 0 Å². The van der Waals surface area contributed by atoms with Gasteiger partial charge < -0.3 is 5.11 Å². The molecule has 0 amide bonds. The van der Waals surface area contributed by atoms with E-state index in [1.165, 1.54) is 12.1 Å². The number of nitrogens with zero attached hydrogens (tertiary/aromatic N) is 1. The van der Waals surface area contributed by atoms with Crippen molar-refractivity contribution in [1.82, 2.24) is 4.31 Å². The van der Waals surface area contributed by atoms with Crippen LogP contribution in [0.15, 0.2) is 29.2 Å². The molecule has 0 saturated heterocycles. The summed E-state index contributed by atoms with van der Waals surface area (Å²) >= 11 is 0. The van der Waals surface area contributed by atoms with Crippen molar-refractivity contribution in [3.63, 3.8) is 0 Å². The van der Waals surface area contributed by atoms with Crippen LogP contribution in [0, 0.1) is 5.82 Å². The number of rotatable bonds is 6. The lowest BCUT2D eigenvalue weighted by Crippen LogP contribution is -2.36. The van der Waals surface area contributed by atoms with Crippen LogP contribution in [-0.2, 0) is 14.8 Å². The van der Waals surface area contributed by atoms with Gasteiger partial charge in [0.05, 0.1) is 0 Å². The van der Waals surface area contributed by atoms with Crippen LogP contribution in [0.5, 0.6) is 0 Å². The number of carboxylic acids is 1. The van der Waals surface area contributed by atoms with Crippen molar-refractivity contribution in [3.8, 4) is 0 Å². The van der Waals surface area contributed by atoms with Crippen molar-refractivity contribution in [2.75, 3.05) is 13.1 Å². The normalized spacial score (nSPS) is 11.7. The minimum Gasteiger partial charge on any atom is -0.480 e. The Morgan fingerprint density at radius 3 is 2.50 bits per heavy atom. The molecule has 0 aliphatic carbocycles. The van der Waals surface area contributed by atoms with E-state index >= 15 is 0 Å². The maximum atomic E-state index is 13.5. The summed E-state index contributed by atoms with van der Waals surface area (Å²) in [6.07, 6.45) is 0.445. The molecular formula is C11H14FNO4S. The Morgan fingerprint density at radius 2 is 2.00 bits per heavy atom. The third kappa shape index (κ3) is 3.27. The van der Waals surface area contributed by atoms with E-state index in [1.54, 1.807) is 6.92 Å². The minimum atomic E-state index is -4.11. The van der Waals surface area contributed by atoms with Crippen molar-refractivity contribution in [3.05, 3.63) is 30.1 Å². The Bertz CT molecular complexity index is 530. The maximum absolute atomic E-state index is 13.5. The molecule has 0 aliphatic rings. The third-order valence-electron chi connectivity index (χ3n) is 2.24. The molecule has 1 N–H and O–H groups in total. The molecule has 100 valence electrons. The van der Waals surface area contributed by atoms with Gasteiger partial charge in [0.2, 0.25) is 10.0 Å². The van der Waals surface area contributed by atoms with Crippen molar-refractivity contribution in [2.24, 2.45) is 0 Å². The monoisotopic (exact) mass is 275 g/mol. The van der Waals surface area contributed by atoms with Crippen LogP contribution >= 0.6 is 0 Å². The molecule has 0 bridgehead atoms. The lowest BCUT2D eigenvalue weighted by molar-refractivity contribution is -0.137. The number of carboxylic acid groups (broad SMARTS) is 1. The summed E-state index contributed by atoms with van der Waals surface area (Å²) in [5.41, 5.74) is 0. The van der Waals surface area contributed by atoms with E-state index in [2.05, 4.69) is 0 Å². The molecule has 0 heterocycles. The van der Waals surface area contributed by atoms with E-state index in [9.17, 15) is 17.6 Å². The van der Waals surface area contributed by atoms with Gasteiger partial charge in [-0.25, -0.2) is 12.8 Å². The highest BCUT2D eigenvalue weighted by molar-refractivity contribution is 7.89. The molecule has 0 fully saturated rings. The SMILES string of the molecule is CCCN(CC(=O)O)S(=O)(=O)c1ccccc1F. The first-order valence-corrected chi connectivity index (χ1v) is 6.80. The van der Waals surface area contributed by atoms with E-state index < -0.39 is 33.3 Å². The second-order valence-corrected chi connectivity index (χ2v) is 5.57. The van der Waals surface area contributed by atoms with Gasteiger partial charge in [0, 0.05) is 6.54 Å². The number of halogens is 1. The predicted molar refractivity (Wildman–Crippen MR) is 63.1 cm³/mol. The van der Waals surface area contributed by atoms with Crippen LogP contribution < -0.4 is 0 Å². The third-order valence-corrected chi connectivity index (χ3v) is 4.12. The van der Waals surface area contributed by atoms with Gasteiger partial charge in [0.1, 0.15) is 17.3 Å². The van der Waals surface area contributed by atoms with Gasteiger partial charge >= 0.3 is 5.97 Å². The highest BCUT2D eigenvalue weighted by Gasteiger charge is 2.28. The highest BCUT2D eigenvalue weighted by atomic mass is 32.2. The molecule has 18 heavy (non-hydrogen) atoms. The zero-order chi connectivity index (χ0) is 13.8. The number of sulfonamides is 1. The quantitative estimate of drug-likeness (QED) is 0.849. The summed E-state index contributed by atoms with van der Waals surface area (Å²) in [5, 5.41) is 8.69. The molecule has 5 nitrogen and oxygen atoms in total. The number of hydrogen-bond acceptors (Lipinski definition) is 3. The number of aliphatic carboxylic acids is 1. The Balaban J connectivity index is 3.17. The van der Waals surface area contributed by atoms with E-state index in [-0.39, 0.29) is 6.54 Å². The number of benzene rings is 1. The molecule has 1 aromatic rings. The van der Waals surface area contributed by atoms with Crippen LogP contribution in [0.2, 0.25) is 0 Å². The van der Waals surface area contributed by atoms with Crippen molar-refractivity contribution in [2.45, 2.75) is 18.2 Å². The fourth-order valence-electron chi connectivity index (χ4n) is 1.48. The summed E-state index contributed by atoms with van der Waals surface area (Å²) in [6, 6.07) is 4.91. The zero-order valence-electron chi connectivity index (χ0n) is 9.84. The Morgan fingerprint density at radius 1 is 1.39 bits per heavy atom. The molecule has 7 heteroatoms. The molecule has 0 spiro atoms. The standard InChI is InChI=1S/C11H14FNO4S/c1-2-7-13(8-11(14)15)18(16,17)10-6-4-3-5-9(10)12/h3-6H,2,7-8H2,1H3,(H,14,15). The Hall–Kier alpha value is -1.47. The van der Waals surface area contributed by atoms with Crippen LogP contribution in [0.25, 0.3) is 0 Å². The van der Waals surface area contributed by atoms with Crippen LogP contribution in [-0.4, -0.2) is 36.9 Å². The van der Waals surface area contributed by atoms with Gasteiger partial charge in [0.25, 0.3) is 0 Å². The van der Waals surface area contributed by atoms with E-state index in [1.807, 2.05) is 0 Å². The summed E-state index contributed by atoms with van der Waals surface area (Å²) < 4.78 is 38.4. The summed E-state index contributed by atoms with van der Waals surface area (Å²) in [6.45, 7) is 1.07. The molecule has 0 radical (unpaired) electrons. The predicted octanol–water partition coefficient (Wildman–Crippen LogP) is 1.31. The first-order valence-electron chi connectivity index (χ1n) is 5.36. The molecule has 0 aliphatic heterocycles. The summed E-state index contributed by atoms with van der Waals surface area (Å²) in [7, 11) is -4.11. The van der Waals surface area contributed by atoms with E-state index in [0.29, 0.717) is 6.42 Å². The minimum absolute atomic E-state index is 0.0307. The van der Waals surface area contributed by atoms with Gasteiger partial charge in [-0.3, -0.25) is 4.79 Å². The fourth-order valence-corrected chi connectivity index (χ4v) is 3.02. The van der Waals surface area contributed by atoms with Gasteiger partial charge in [-0.2, -0.15) is 4.31 Å². The van der Waals surface area contributed by atoms with E-state index in [0.717, 1.165) is 16.4 Å². The maximum Gasteiger partial charge on any atom is 0.318 e. The average Bonchev–Trinajstić information content (AvgIpc) is 2.28. The van der Waals surface area contributed by atoms with Crippen molar-refractivity contribution in [1.29, 1.82) is 0 Å². The largest absolute Gasteiger partial charge is 0.480 e. The molecule has 0 aromatic heterocycles. The van der Waals surface area contributed by atoms with Gasteiger partial charge in [-0.15, -0.1) is 0 Å². The lowest BCUT2D eigenvalue weighted by Gasteiger charge is -2.19. The smallest absolute Gasteiger partial charge is 0.318 e. The van der Waals surface area contributed by atoms with E-state index in [4.69, 9.17) is 5.11 Å².